The average molecular weight is 383 g/mol. The highest BCUT2D eigenvalue weighted by atomic mass is 32.2. The first-order valence-corrected chi connectivity index (χ1v) is 9.98. The van der Waals surface area contributed by atoms with Gasteiger partial charge >= 0.3 is 0 Å². The Balaban J connectivity index is 1.93. The van der Waals surface area contributed by atoms with Crippen molar-refractivity contribution in [1.82, 2.24) is 19.3 Å². The van der Waals surface area contributed by atoms with E-state index in [1.165, 1.54) is 16.4 Å². The SMILES string of the molecule is CC(Sc1nc2nn(-c3ccccc3)c(=O)c-2c2n1CCCCC2)C(N)=O. The summed E-state index contributed by atoms with van der Waals surface area (Å²) >= 11 is 1.33. The molecule has 3 aliphatic heterocycles. The van der Waals surface area contributed by atoms with Gasteiger partial charge in [0, 0.05) is 12.2 Å². The van der Waals surface area contributed by atoms with Gasteiger partial charge in [-0.2, -0.15) is 4.68 Å². The number of rotatable bonds is 4. The van der Waals surface area contributed by atoms with Gasteiger partial charge in [-0.05, 0) is 38.3 Å². The van der Waals surface area contributed by atoms with E-state index in [0.29, 0.717) is 22.2 Å². The highest BCUT2D eigenvalue weighted by Gasteiger charge is 2.28. The normalized spacial score (nSPS) is 15.3. The Bertz CT molecular complexity index is 1010. The summed E-state index contributed by atoms with van der Waals surface area (Å²) in [5, 5.41) is 4.78. The number of amides is 1. The zero-order valence-corrected chi connectivity index (χ0v) is 15.9. The van der Waals surface area contributed by atoms with E-state index >= 15 is 0 Å². The molecule has 1 aromatic carbocycles. The molecule has 4 rings (SSSR count). The molecule has 3 heterocycles. The number of carbonyl (C=O) groups is 1. The quantitative estimate of drug-likeness (QED) is 0.550. The predicted molar refractivity (Wildman–Crippen MR) is 104 cm³/mol. The van der Waals surface area contributed by atoms with Crippen LogP contribution < -0.4 is 11.3 Å². The molecule has 1 unspecified atom stereocenters. The summed E-state index contributed by atoms with van der Waals surface area (Å²) in [6.07, 6.45) is 3.93. The first-order valence-electron chi connectivity index (χ1n) is 9.10. The molecule has 27 heavy (non-hydrogen) atoms. The standard InChI is InChI=1S/C19H21N5O2S/c1-12(16(20)25)27-19-21-17-15(14-10-6-3-7-11-23(14)19)18(26)24(22-17)13-8-4-2-5-9-13/h2,4-5,8-9,12H,3,6-7,10-11H2,1H3,(H2,20,25). The molecular formula is C19H21N5O2S. The number of fused-ring (bicyclic) bond motifs is 3. The molecule has 3 aliphatic rings. The molecule has 7 nitrogen and oxygen atoms in total. The van der Waals surface area contributed by atoms with Crippen LogP contribution in [0.2, 0.25) is 0 Å². The van der Waals surface area contributed by atoms with Crippen LogP contribution >= 0.6 is 11.8 Å². The van der Waals surface area contributed by atoms with E-state index in [1.807, 2.05) is 30.3 Å². The Morgan fingerprint density at radius 1 is 1.22 bits per heavy atom. The van der Waals surface area contributed by atoms with Crippen LogP contribution in [-0.2, 0) is 17.8 Å². The van der Waals surface area contributed by atoms with Gasteiger partial charge in [0.1, 0.15) is 5.56 Å². The van der Waals surface area contributed by atoms with Gasteiger partial charge in [-0.1, -0.05) is 36.4 Å². The lowest BCUT2D eigenvalue weighted by Gasteiger charge is -2.18. The minimum atomic E-state index is -0.405. The number of nitrogens with zero attached hydrogens (tertiary/aromatic N) is 4. The molecule has 8 heteroatoms. The number of hydrogen-bond donors (Lipinski definition) is 1. The third kappa shape index (κ3) is 3.25. The molecule has 0 bridgehead atoms. The van der Waals surface area contributed by atoms with Crippen LogP contribution in [0.4, 0.5) is 0 Å². The van der Waals surface area contributed by atoms with Gasteiger partial charge in [0.2, 0.25) is 5.91 Å². The molecule has 0 spiro atoms. The lowest BCUT2D eigenvalue weighted by molar-refractivity contribution is -0.117. The highest BCUT2D eigenvalue weighted by Crippen LogP contribution is 2.31. The van der Waals surface area contributed by atoms with Crippen molar-refractivity contribution in [2.45, 2.75) is 49.6 Å². The van der Waals surface area contributed by atoms with Crippen LogP contribution in [-0.4, -0.2) is 30.5 Å². The van der Waals surface area contributed by atoms with E-state index in [1.54, 1.807) is 6.92 Å². The Kier molecular flexibility index (Phi) is 4.73. The Hall–Kier alpha value is -2.61. The molecule has 2 N–H and O–H groups in total. The molecule has 0 aromatic heterocycles. The van der Waals surface area contributed by atoms with Crippen molar-refractivity contribution in [3.05, 3.63) is 46.4 Å². The number of primary amides is 1. The number of benzene rings is 1. The zero-order chi connectivity index (χ0) is 19.0. The van der Waals surface area contributed by atoms with Crippen LogP contribution in [0.1, 0.15) is 31.9 Å². The van der Waals surface area contributed by atoms with Gasteiger partial charge in [0.25, 0.3) is 5.56 Å². The summed E-state index contributed by atoms with van der Waals surface area (Å²) in [5.74, 6) is 0.0420. The molecule has 1 amide bonds. The van der Waals surface area contributed by atoms with E-state index in [9.17, 15) is 9.59 Å². The monoisotopic (exact) mass is 383 g/mol. The van der Waals surface area contributed by atoms with Crippen molar-refractivity contribution in [2.24, 2.45) is 5.73 Å². The number of carbonyl (C=O) groups excluding carboxylic acids is 1. The number of para-hydroxylation sites is 1. The smallest absolute Gasteiger partial charge is 0.284 e. The molecule has 1 atom stereocenters. The van der Waals surface area contributed by atoms with E-state index in [4.69, 9.17) is 5.73 Å². The summed E-state index contributed by atoms with van der Waals surface area (Å²) in [4.78, 5) is 29.3. The molecule has 0 saturated heterocycles. The summed E-state index contributed by atoms with van der Waals surface area (Å²) in [6.45, 7) is 2.55. The molecular weight excluding hydrogens is 362 g/mol. The summed E-state index contributed by atoms with van der Waals surface area (Å²) in [6, 6.07) is 9.35. The van der Waals surface area contributed by atoms with Crippen molar-refractivity contribution in [3.63, 3.8) is 0 Å². The van der Waals surface area contributed by atoms with E-state index in [0.717, 1.165) is 37.9 Å². The van der Waals surface area contributed by atoms with Crippen molar-refractivity contribution in [1.29, 1.82) is 0 Å². The summed E-state index contributed by atoms with van der Waals surface area (Å²) < 4.78 is 3.49. The molecule has 0 fully saturated rings. The second kappa shape index (κ2) is 7.19. The fraction of sp³-hybridized carbons (Fsp3) is 0.368. The first kappa shape index (κ1) is 17.8. The predicted octanol–water partition coefficient (Wildman–Crippen LogP) is 2.23. The minimum absolute atomic E-state index is 0.145. The van der Waals surface area contributed by atoms with Crippen molar-refractivity contribution in [3.8, 4) is 17.1 Å². The van der Waals surface area contributed by atoms with Gasteiger partial charge in [-0.25, -0.2) is 4.98 Å². The molecule has 0 saturated carbocycles. The second-order valence-corrected chi connectivity index (χ2v) is 8.02. The first-order chi connectivity index (χ1) is 13.1. The molecule has 140 valence electrons. The maximum Gasteiger partial charge on any atom is 0.284 e. The van der Waals surface area contributed by atoms with Crippen LogP contribution in [0.5, 0.6) is 0 Å². The van der Waals surface area contributed by atoms with E-state index in [2.05, 4.69) is 14.6 Å². The fourth-order valence-corrected chi connectivity index (χ4v) is 4.30. The van der Waals surface area contributed by atoms with Crippen molar-refractivity contribution in [2.75, 3.05) is 0 Å². The second-order valence-electron chi connectivity index (χ2n) is 6.72. The van der Waals surface area contributed by atoms with E-state index in [-0.39, 0.29) is 11.5 Å². The van der Waals surface area contributed by atoms with Crippen LogP contribution in [0, 0.1) is 0 Å². The third-order valence-corrected chi connectivity index (χ3v) is 5.96. The fourth-order valence-electron chi connectivity index (χ4n) is 3.40. The number of aromatic nitrogens is 4. The van der Waals surface area contributed by atoms with Crippen molar-refractivity contribution < 1.29 is 4.79 Å². The maximum absolute atomic E-state index is 13.1. The van der Waals surface area contributed by atoms with Crippen LogP contribution in [0.3, 0.4) is 0 Å². The molecule has 0 aliphatic carbocycles. The lowest BCUT2D eigenvalue weighted by Crippen LogP contribution is -2.24. The van der Waals surface area contributed by atoms with Gasteiger partial charge in [0.05, 0.1) is 10.9 Å². The highest BCUT2D eigenvalue weighted by molar-refractivity contribution is 8.00. The van der Waals surface area contributed by atoms with Gasteiger partial charge in [-0.15, -0.1) is 5.10 Å². The Labute approximate surface area is 160 Å². The topological polar surface area (TPSA) is 95.8 Å². The van der Waals surface area contributed by atoms with Crippen LogP contribution in [0.25, 0.3) is 17.1 Å². The number of nitrogens with two attached hydrogens (primary N) is 1. The van der Waals surface area contributed by atoms with Crippen LogP contribution in [0.15, 0.2) is 40.3 Å². The van der Waals surface area contributed by atoms with Gasteiger partial charge in [-0.3, -0.25) is 9.59 Å². The zero-order valence-electron chi connectivity index (χ0n) is 15.1. The van der Waals surface area contributed by atoms with E-state index < -0.39 is 5.25 Å². The summed E-state index contributed by atoms with van der Waals surface area (Å²) in [5.41, 5.74) is 7.55. The van der Waals surface area contributed by atoms with Gasteiger partial charge < -0.3 is 10.3 Å². The molecule has 0 radical (unpaired) electrons. The Morgan fingerprint density at radius 3 is 2.74 bits per heavy atom. The van der Waals surface area contributed by atoms with Gasteiger partial charge in [0.15, 0.2) is 11.0 Å². The minimum Gasteiger partial charge on any atom is -0.369 e. The lowest BCUT2D eigenvalue weighted by atomic mass is 10.1. The Morgan fingerprint density at radius 2 is 2.00 bits per heavy atom. The average Bonchev–Trinajstić information content (AvgIpc) is 2.84. The largest absolute Gasteiger partial charge is 0.369 e. The third-order valence-electron chi connectivity index (χ3n) is 4.85. The number of hydrogen-bond acceptors (Lipinski definition) is 5. The summed E-state index contributed by atoms with van der Waals surface area (Å²) in [7, 11) is 0. The van der Waals surface area contributed by atoms with Crippen molar-refractivity contribution >= 4 is 17.7 Å². The maximum atomic E-state index is 13.1. The molecule has 1 aromatic rings. The number of thioether (sulfide) groups is 1.